The third-order valence-corrected chi connectivity index (χ3v) is 5.92. The van der Waals surface area contributed by atoms with Crippen molar-refractivity contribution in [1.29, 1.82) is 0 Å². The van der Waals surface area contributed by atoms with Crippen molar-refractivity contribution in [3.05, 3.63) is 11.9 Å². The van der Waals surface area contributed by atoms with E-state index in [2.05, 4.69) is 9.88 Å². The second kappa shape index (κ2) is 8.57. The molecule has 1 atom stereocenters. The first kappa shape index (κ1) is 20.1. The number of imidazole rings is 1. The normalized spacial score (nSPS) is 21.6. The SMILES string of the molecule is CCOC(=O)N1CCN(Cc2cnc(S(C)(=O)=O)n2CC2CCCO2)CC1. The van der Waals surface area contributed by atoms with Crippen LogP contribution < -0.4 is 0 Å². The molecule has 1 amide bonds. The van der Waals surface area contributed by atoms with Crippen molar-refractivity contribution in [2.24, 2.45) is 0 Å². The number of hydrogen-bond donors (Lipinski definition) is 0. The first-order valence-electron chi connectivity index (χ1n) is 9.38. The van der Waals surface area contributed by atoms with Crippen LogP contribution in [0.15, 0.2) is 11.4 Å². The Balaban J connectivity index is 1.68. The van der Waals surface area contributed by atoms with Crippen LogP contribution in [-0.2, 0) is 32.4 Å². The van der Waals surface area contributed by atoms with Gasteiger partial charge >= 0.3 is 6.09 Å². The minimum atomic E-state index is -3.41. The highest BCUT2D eigenvalue weighted by molar-refractivity contribution is 7.90. The van der Waals surface area contributed by atoms with Gasteiger partial charge < -0.3 is 18.9 Å². The van der Waals surface area contributed by atoms with Crippen molar-refractivity contribution in [1.82, 2.24) is 19.4 Å². The van der Waals surface area contributed by atoms with Gasteiger partial charge in [0.15, 0.2) is 0 Å². The molecular weight excluding hydrogens is 372 g/mol. The van der Waals surface area contributed by atoms with Gasteiger partial charge in [-0.15, -0.1) is 0 Å². The molecule has 1 aromatic heterocycles. The third kappa shape index (κ3) is 4.99. The standard InChI is InChI=1S/C17H28N4O5S/c1-3-25-17(22)20-8-6-19(7-9-20)12-14-11-18-16(27(2,23)24)21(14)13-15-5-4-10-26-15/h11,15H,3-10,12-13H2,1-2H3. The third-order valence-electron chi connectivity index (χ3n) is 4.93. The lowest BCUT2D eigenvalue weighted by molar-refractivity contribution is 0.0753. The van der Waals surface area contributed by atoms with E-state index in [0.717, 1.165) is 25.1 Å². The highest BCUT2D eigenvalue weighted by atomic mass is 32.2. The molecule has 2 aliphatic heterocycles. The van der Waals surface area contributed by atoms with Gasteiger partial charge in [0, 0.05) is 45.6 Å². The van der Waals surface area contributed by atoms with Crippen LogP contribution in [0.3, 0.4) is 0 Å². The minimum absolute atomic E-state index is 0.0270. The Hall–Kier alpha value is -1.65. The van der Waals surface area contributed by atoms with Crippen LogP contribution in [0.4, 0.5) is 4.79 Å². The number of nitrogens with zero attached hydrogens (tertiary/aromatic N) is 4. The summed E-state index contributed by atoms with van der Waals surface area (Å²) in [5, 5.41) is 0.0955. The van der Waals surface area contributed by atoms with Gasteiger partial charge in [0.05, 0.1) is 31.1 Å². The highest BCUT2D eigenvalue weighted by Crippen LogP contribution is 2.20. The first-order chi connectivity index (χ1) is 12.9. The maximum Gasteiger partial charge on any atom is 0.409 e. The van der Waals surface area contributed by atoms with E-state index < -0.39 is 9.84 Å². The number of carbonyl (C=O) groups is 1. The molecule has 0 saturated carbocycles. The number of sulfone groups is 1. The van der Waals surface area contributed by atoms with Crippen LogP contribution >= 0.6 is 0 Å². The lowest BCUT2D eigenvalue weighted by atomic mass is 10.2. The lowest BCUT2D eigenvalue weighted by Gasteiger charge is -2.34. The van der Waals surface area contributed by atoms with Gasteiger partial charge in [-0.2, -0.15) is 0 Å². The van der Waals surface area contributed by atoms with Crippen molar-refractivity contribution in [2.45, 2.75) is 44.1 Å². The van der Waals surface area contributed by atoms with Gasteiger partial charge in [-0.3, -0.25) is 4.90 Å². The van der Waals surface area contributed by atoms with Crippen molar-refractivity contribution in [3.8, 4) is 0 Å². The first-order valence-corrected chi connectivity index (χ1v) is 11.3. The topological polar surface area (TPSA) is 94.0 Å². The zero-order valence-corrected chi connectivity index (χ0v) is 16.8. The van der Waals surface area contributed by atoms with E-state index in [0.29, 0.717) is 45.9 Å². The number of amides is 1. The van der Waals surface area contributed by atoms with E-state index in [1.807, 2.05) is 0 Å². The summed E-state index contributed by atoms with van der Waals surface area (Å²) in [6.45, 7) is 6.58. The van der Waals surface area contributed by atoms with Crippen molar-refractivity contribution in [3.63, 3.8) is 0 Å². The molecule has 152 valence electrons. The molecule has 0 bridgehead atoms. The quantitative estimate of drug-likeness (QED) is 0.695. The molecule has 2 saturated heterocycles. The maximum absolute atomic E-state index is 12.1. The largest absolute Gasteiger partial charge is 0.450 e. The van der Waals surface area contributed by atoms with Gasteiger partial charge in [0.1, 0.15) is 0 Å². The molecule has 1 aromatic rings. The molecule has 0 aliphatic carbocycles. The second-order valence-corrected chi connectivity index (χ2v) is 8.92. The molecule has 10 heteroatoms. The number of rotatable bonds is 6. The number of ether oxygens (including phenoxy) is 2. The Morgan fingerprint density at radius 2 is 2.07 bits per heavy atom. The molecule has 1 unspecified atom stereocenters. The Bertz CT molecular complexity index is 749. The number of aromatic nitrogens is 2. The summed E-state index contributed by atoms with van der Waals surface area (Å²) in [6.07, 6.45) is 4.50. The number of piperazine rings is 1. The molecule has 3 rings (SSSR count). The smallest absolute Gasteiger partial charge is 0.409 e. The summed E-state index contributed by atoms with van der Waals surface area (Å²) >= 11 is 0. The van der Waals surface area contributed by atoms with Gasteiger partial charge in [0.25, 0.3) is 0 Å². The fourth-order valence-corrected chi connectivity index (χ4v) is 4.37. The summed E-state index contributed by atoms with van der Waals surface area (Å²) in [5.41, 5.74) is 0.857. The van der Waals surface area contributed by atoms with Crippen molar-refractivity contribution in [2.75, 3.05) is 45.6 Å². The summed E-state index contributed by atoms with van der Waals surface area (Å²) < 4.78 is 36.7. The second-order valence-electron chi connectivity index (χ2n) is 7.01. The molecule has 3 heterocycles. The van der Waals surface area contributed by atoms with E-state index >= 15 is 0 Å². The zero-order chi connectivity index (χ0) is 19.4. The predicted octanol–water partition coefficient (Wildman–Crippen LogP) is 0.740. The summed E-state index contributed by atoms with van der Waals surface area (Å²) in [5.74, 6) is 0. The number of hydrogen-bond acceptors (Lipinski definition) is 7. The highest BCUT2D eigenvalue weighted by Gasteiger charge is 2.26. The van der Waals surface area contributed by atoms with Gasteiger partial charge in [-0.25, -0.2) is 18.2 Å². The Kier molecular flexibility index (Phi) is 6.38. The molecule has 0 radical (unpaired) electrons. The lowest BCUT2D eigenvalue weighted by Crippen LogP contribution is -2.48. The maximum atomic E-state index is 12.1. The van der Waals surface area contributed by atoms with Crippen LogP contribution in [0.2, 0.25) is 0 Å². The summed E-state index contributed by atoms with van der Waals surface area (Å²) in [6, 6.07) is 0. The average molecular weight is 401 g/mol. The fraction of sp³-hybridized carbons (Fsp3) is 0.765. The van der Waals surface area contributed by atoms with E-state index in [4.69, 9.17) is 9.47 Å². The Labute approximate surface area is 160 Å². The van der Waals surface area contributed by atoms with Crippen molar-refractivity contribution < 1.29 is 22.7 Å². The molecular formula is C17H28N4O5S. The molecule has 9 nitrogen and oxygen atoms in total. The molecule has 0 spiro atoms. The van der Waals surface area contributed by atoms with Crippen LogP contribution in [-0.4, -0.2) is 85.6 Å². The van der Waals surface area contributed by atoms with Gasteiger partial charge in [0.2, 0.25) is 15.0 Å². The van der Waals surface area contributed by atoms with E-state index in [1.54, 1.807) is 22.6 Å². The van der Waals surface area contributed by atoms with E-state index in [1.165, 1.54) is 6.26 Å². The predicted molar refractivity (Wildman–Crippen MR) is 98.2 cm³/mol. The summed E-state index contributed by atoms with van der Waals surface area (Å²) in [4.78, 5) is 19.9. The van der Waals surface area contributed by atoms with Crippen LogP contribution in [0.1, 0.15) is 25.5 Å². The number of carbonyl (C=O) groups excluding carboxylic acids is 1. The molecule has 27 heavy (non-hydrogen) atoms. The minimum Gasteiger partial charge on any atom is -0.450 e. The molecule has 0 aromatic carbocycles. The van der Waals surface area contributed by atoms with E-state index in [9.17, 15) is 13.2 Å². The molecule has 0 N–H and O–H groups in total. The Morgan fingerprint density at radius 3 is 2.67 bits per heavy atom. The zero-order valence-electron chi connectivity index (χ0n) is 16.0. The molecule has 2 fully saturated rings. The van der Waals surface area contributed by atoms with E-state index in [-0.39, 0.29) is 17.4 Å². The van der Waals surface area contributed by atoms with Crippen LogP contribution in [0.5, 0.6) is 0 Å². The summed E-state index contributed by atoms with van der Waals surface area (Å²) in [7, 11) is -3.41. The van der Waals surface area contributed by atoms with Crippen LogP contribution in [0.25, 0.3) is 0 Å². The van der Waals surface area contributed by atoms with Crippen LogP contribution in [0, 0.1) is 0 Å². The monoisotopic (exact) mass is 400 g/mol. The van der Waals surface area contributed by atoms with Gasteiger partial charge in [-0.05, 0) is 19.8 Å². The Morgan fingerprint density at radius 1 is 1.33 bits per heavy atom. The average Bonchev–Trinajstić information content (AvgIpc) is 3.26. The van der Waals surface area contributed by atoms with Crippen molar-refractivity contribution >= 4 is 15.9 Å². The molecule has 2 aliphatic rings. The fourth-order valence-electron chi connectivity index (χ4n) is 3.53. The van der Waals surface area contributed by atoms with Gasteiger partial charge in [-0.1, -0.05) is 0 Å².